The first-order valence-corrected chi connectivity index (χ1v) is 11.0. The van der Waals surface area contributed by atoms with Crippen molar-refractivity contribution in [2.24, 2.45) is 30.6 Å². The molecule has 1 amide bonds. The molecule has 33 heavy (non-hydrogen) atoms. The van der Waals surface area contributed by atoms with Crippen LogP contribution >= 0.6 is 0 Å². The molecule has 0 radical (unpaired) electrons. The van der Waals surface area contributed by atoms with E-state index in [-0.39, 0.29) is 45.9 Å². The number of hydrogen-bond acceptors (Lipinski definition) is 10. The number of fused-ring (bicyclic) bond motifs is 1. The Balaban J connectivity index is 1.96. The molecule has 0 bridgehead atoms. The second kappa shape index (κ2) is 8.40. The van der Waals surface area contributed by atoms with E-state index in [0.717, 1.165) is 0 Å². The maximum absolute atomic E-state index is 12.4. The van der Waals surface area contributed by atoms with Gasteiger partial charge in [-0.25, -0.2) is 18.5 Å². The number of hydrogen-bond donors (Lipinski definition) is 1. The maximum Gasteiger partial charge on any atom is 0.303 e. The fraction of sp³-hybridized carbons (Fsp3) is 0.158. The van der Waals surface area contributed by atoms with Crippen LogP contribution in [0.25, 0.3) is 11.1 Å². The van der Waals surface area contributed by atoms with Gasteiger partial charge in [0.15, 0.2) is 5.84 Å². The molecule has 4 rings (SSSR count). The Morgan fingerprint density at radius 2 is 1.82 bits per heavy atom. The Kier molecular flexibility index (Phi) is 5.61. The Morgan fingerprint density at radius 1 is 1.09 bits per heavy atom. The minimum absolute atomic E-state index is 0.0654. The zero-order valence-corrected chi connectivity index (χ0v) is 17.8. The zero-order valence-electron chi connectivity index (χ0n) is 17.0. The lowest BCUT2D eigenvalue weighted by Gasteiger charge is -2.17. The molecular weight excluding hydrogens is 454 g/mol. The highest BCUT2D eigenvalue weighted by molar-refractivity contribution is 7.89. The average molecular weight is 469 g/mol. The molecular formula is C19H15N7O6S. The summed E-state index contributed by atoms with van der Waals surface area (Å²) in [6, 6.07) is 8.24. The number of non-ortho nitro benzene ring substituents is 1. The van der Waals surface area contributed by atoms with Gasteiger partial charge in [0.05, 0.1) is 17.1 Å². The maximum atomic E-state index is 12.4. The van der Waals surface area contributed by atoms with E-state index in [2.05, 4.69) is 25.4 Å². The van der Waals surface area contributed by atoms with E-state index in [9.17, 15) is 23.3 Å². The van der Waals surface area contributed by atoms with Crippen molar-refractivity contribution in [3.63, 3.8) is 0 Å². The molecule has 0 unspecified atom stereocenters. The topological polar surface area (TPSA) is 191 Å². The van der Waals surface area contributed by atoms with Crippen molar-refractivity contribution in [3.05, 3.63) is 52.1 Å². The summed E-state index contributed by atoms with van der Waals surface area (Å²) in [7, 11) is -4.30. The smallest absolute Gasteiger partial charge is 0.303 e. The van der Waals surface area contributed by atoms with Gasteiger partial charge in [-0.2, -0.15) is 4.99 Å². The third-order valence-electron chi connectivity index (χ3n) is 4.58. The van der Waals surface area contributed by atoms with Gasteiger partial charge in [0.25, 0.3) is 5.69 Å². The van der Waals surface area contributed by atoms with Crippen LogP contribution in [-0.4, -0.2) is 43.2 Å². The largest absolute Gasteiger partial charge is 0.491 e. The molecule has 2 aliphatic heterocycles. The SMILES string of the molecule is CCCOc1c(C2=NC(=O)C3=NN=NC3=N2)cc(-c2ccc([N+](=O)[O-])cc2)cc1S(N)(=O)=O. The van der Waals surface area contributed by atoms with Gasteiger partial charge in [0, 0.05) is 12.1 Å². The van der Waals surface area contributed by atoms with Crippen LogP contribution in [0.2, 0.25) is 0 Å². The molecule has 0 aliphatic carbocycles. The van der Waals surface area contributed by atoms with Gasteiger partial charge in [0.1, 0.15) is 10.6 Å². The van der Waals surface area contributed by atoms with Gasteiger partial charge in [-0.1, -0.05) is 6.92 Å². The summed E-state index contributed by atoms with van der Waals surface area (Å²) in [5, 5.41) is 27.1. The van der Waals surface area contributed by atoms with Crippen LogP contribution in [0.15, 0.2) is 66.7 Å². The van der Waals surface area contributed by atoms with Crippen LogP contribution in [0.3, 0.4) is 0 Å². The Hall–Kier alpha value is -4.17. The number of carbonyl (C=O) groups excluding carboxylic acids is 1. The van der Waals surface area contributed by atoms with E-state index in [4.69, 9.17) is 9.88 Å². The van der Waals surface area contributed by atoms with Crippen LogP contribution in [0, 0.1) is 10.1 Å². The molecule has 14 heteroatoms. The van der Waals surface area contributed by atoms with Crippen molar-refractivity contribution in [1.29, 1.82) is 0 Å². The summed E-state index contributed by atoms with van der Waals surface area (Å²) in [5.74, 6) is -1.10. The van der Waals surface area contributed by atoms with Crippen LogP contribution in [-0.2, 0) is 14.8 Å². The number of nitro benzene ring substituents is 1. The molecule has 2 heterocycles. The lowest BCUT2D eigenvalue weighted by molar-refractivity contribution is -0.384. The number of ether oxygens (including phenoxy) is 1. The van der Waals surface area contributed by atoms with Gasteiger partial charge in [-0.05, 0) is 47.0 Å². The summed E-state index contributed by atoms with van der Waals surface area (Å²) in [6.07, 6.45) is 0.554. The molecule has 0 aromatic heterocycles. The minimum Gasteiger partial charge on any atom is -0.491 e. The highest BCUT2D eigenvalue weighted by Gasteiger charge is 2.31. The van der Waals surface area contributed by atoms with Gasteiger partial charge < -0.3 is 4.74 Å². The second-order valence-corrected chi connectivity index (χ2v) is 8.39. The van der Waals surface area contributed by atoms with Gasteiger partial charge >= 0.3 is 5.91 Å². The number of aliphatic imine (C=N–C) groups is 2. The molecule has 13 nitrogen and oxygen atoms in total. The number of nitrogens with two attached hydrogens (primary N) is 1. The Morgan fingerprint density at radius 3 is 2.45 bits per heavy atom. The van der Waals surface area contributed by atoms with Crippen molar-refractivity contribution < 1.29 is 22.9 Å². The summed E-state index contributed by atoms with van der Waals surface area (Å²) in [6.45, 7) is 1.97. The third kappa shape index (κ3) is 4.28. The lowest BCUT2D eigenvalue weighted by atomic mass is 10.0. The second-order valence-electron chi connectivity index (χ2n) is 6.86. The molecule has 0 saturated carbocycles. The monoisotopic (exact) mass is 469 g/mol. The number of nitrogens with zero attached hydrogens (tertiary/aromatic N) is 6. The lowest BCUT2D eigenvalue weighted by Crippen LogP contribution is -2.26. The van der Waals surface area contributed by atoms with E-state index in [1.807, 2.05) is 6.92 Å². The minimum atomic E-state index is -4.30. The first kappa shape index (κ1) is 22.0. The number of primary sulfonamides is 1. The number of amides is 1. The van der Waals surface area contributed by atoms with Crippen LogP contribution in [0.4, 0.5) is 5.69 Å². The molecule has 0 atom stereocenters. The van der Waals surface area contributed by atoms with Crippen molar-refractivity contribution in [2.75, 3.05) is 6.61 Å². The zero-order chi connectivity index (χ0) is 23.8. The highest BCUT2D eigenvalue weighted by Crippen LogP contribution is 2.35. The van der Waals surface area contributed by atoms with Crippen molar-refractivity contribution >= 4 is 39.0 Å². The van der Waals surface area contributed by atoms with E-state index in [1.54, 1.807) is 0 Å². The van der Waals surface area contributed by atoms with E-state index in [0.29, 0.717) is 17.5 Å². The van der Waals surface area contributed by atoms with Gasteiger partial charge in [-0.3, -0.25) is 14.9 Å². The molecule has 0 fully saturated rings. The number of benzene rings is 2. The normalized spacial score (nSPS) is 15.0. The Bertz CT molecular complexity index is 1410. The van der Waals surface area contributed by atoms with Crippen molar-refractivity contribution in [2.45, 2.75) is 18.2 Å². The summed E-state index contributed by atoms with van der Waals surface area (Å²) in [5.41, 5.74) is 0.585. The van der Waals surface area contributed by atoms with Crippen LogP contribution < -0.4 is 9.88 Å². The fourth-order valence-corrected chi connectivity index (χ4v) is 3.80. The molecule has 0 spiro atoms. The molecule has 0 saturated heterocycles. The number of sulfonamides is 1. The van der Waals surface area contributed by atoms with Crippen molar-refractivity contribution in [1.82, 2.24) is 0 Å². The number of rotatable bonds is 7. The first-order chi connectivity index (χ1) is 15.7. The number of carbonyl (C=O) groups is 1. The first-order valence-electron chi connectivity index (χ1n) is 9.48. The molecule has 2 aliphatic rings. The predicted octanol–water partition coefficient (Wildman–Crippen LogP) is 2.21. The Labute approximate surface area is 186 Å². The summed E-state index contributed by atoms with van der Waals surface area (Å²) >= 11 is 0. The molecule has 2 aromatic rings. The predicted molar refractivity (Wildman–Crippen MR) is 117 cm³/mol. The van der Waals surface area contributed by atoms with Crippen LogP contribution in [0.5, 0.6) is 5.75 Å². The van der Waals surface area contributed by atoms with Gasteiger partial charge in [-0.15, -0.1) is 10.2 Å². The number of amidine groups is 2. The standard InChI is InChI=1S/C19H15N7O6S/c1-2-7-32-16-13(17-21-18-15(19(27)22-17)23-25-24-18)8-11(9-14(16)33(20,30)31)10-3-5-12(6-4-10)26(28)29/h3-6,8-9H,2,7H2,1H3,(H2,20,30,31). The molecule has 2 aromatic carbocycles. The van der Waals surface area contributed by atoms with E-state index < -0.39 is 20.9 Å². The van der Waals surface area contributed by atoms with Gasteiger partial charge in [0.2, 0.25) is 21.6 Å². The van der Waals surface area contributed by atoms with Crippen molar-refractivity contribution in [3.8, 4) is 16.9 Å². The average Bonchev–Trinajstić information content (AvgIpc) is 3.26. The van der Waals surface area contributed by atoms with E-state index >= 15 is 0 Å². The fourth-order valence-electron chi connectivity index (χ4n) is 3.09. The van der Waals surface area contributed by atoms with Crippen LogP contribution in [0.1, 0.15) is 18.9 Å². The summed E-state index contributed by atoms with van der Waals surface area (Å²) < 4.78 is 30.6. The molecule has 168 valence electrons. The highest BCUT2D eigenvalue weighted by atomic mass is 32.2. The van der Waals surface area contributed by atoms with E-state index in [1.165, 1.54) is 36.4 Å². The quantitative estimate of drug-likeness (QED) is 0.477. The molecule has 2 N–H and O–H groups in total. The summed E-state index contributed by atoms with van der Waals surface area (Å²) in [4.78, 5) is 30.5. The third-order valence-corrected chi connectivity index (χ3v) is 5.50. The number of nitro groups is 1.